The van der Waals surface area contributed by atoms with Crippen LogP contribution < -0.4 is 0 Å². The number of ketones is 1. The highest BCUT2D eigenvalue weighted by molar-refractivity contribution is 7.10. The van der Waals surface area contributed by atoms with E-state index in [4.69, 9.17) is 0 Å². The number of carbonyl (C=O) groups excluding carboxylic acids is 1. The maximum Gasteiger partial charge on any atom is 0.215 e. The minimum absolute atomic E-state index is 0.0965. The summed E-state index contributed by atoms with van der Waals surface area (Å²) in [4.78, 5) is 21.0. The molecule has 3 heterocycles. The van der Waals surface area contributed by atoms with Gasteiger partial charge in [0.2, 0.25) is 5.82 Å². The number of hydrogen-bond donors (Lipinski definition) is 2. The lowest BCUT2D eigenvalue weighted by atomic mass is 10.1. The van der Waals surface area contributed by atoms with Crippen LogP contribution in [0.25, 0.3) is 5.76 Å². The average Bonchev–Trinajstić information content (AvgIpc) is 3.19. The van der Waals surface area contributed by atoms with Gasteiger partial charge in [0.25, 0.3) is 0 Å². The van der Waals surface area contributed by atoms with Crippen molar-refractivity contribution in [3.05, 3.63) is 70.2 Å². The van der Waals surface area contributed by atoms with Crippen molar-refractivity contribution in [1.29, 1.82) is 0 Å². The van der Waals surface area contributed by atoms with Gasteiger partial charge in [-0.25, -0.2) is 4.98 Å². The molecule has 0 radical (unpaired) electrons. The summed E-state index contributed by atoms with van der Waals surface area (Å²) in [6, 6.07) is 5.58. The fourth-order valence-corrected chi connectivity index (χ4v) is 2.90. The van der Waals surface area contributed by atoms with E-state index >= 15 is 0 Å². The number of aliphatic hydroxyl groups excluding tert-OH is 1. The van der Waals surface area contributed by atoms with Crippen LogP contribution in [0.5, 0.6) is 0 Å². The lowest BCUT2D eigenvalue weighted by Gasteiger charge is -2.01. The quantitative estimate of drug-likeness (QED) is 0.429. The third-order valence-corrected chi connectivity index (χ3v) is 3.96. The van der Waals surface area contributed by atoms with E-state index in [2.05, 4.69) is 20.2 Å². The molecular weight excluding hydrogens is 300 g/mol. The molecule has 0 aromatic carbocycles. The molecule has 2 N–H and O–H groups in total. The van der Waals surface area contributed by atoms with Crippen LogP contribution in [0, 0.1) is 0 Å². The average molecular weight is 312 g/mol. The molecule has 3 aromatic heterocycles. The molecule has 0 saturated heterocycles. The van der Waals surface area contributed by atoms with Crippen LogP contribution >= 0.6 is 11.3 Å². The Bertz CT molecular complexity index is 794. The molecule has 22 heavy (non-hydrogen) atoms. The number of aromatic amines is 1. The van der Waals surface area contributed by atoms with Gasteiger partial charge in [0.15, 0.2) is 11.5 Å². The largest absolute Gasteiger partial charge is 0.504 e. The molecule has 0 aliphatic heterocycles. The molecule has 7 heteroatoms. The molecule has 3 rings (SSSR count). The SMILES string of the molecule is O=C(C=C(O)c1nc[nH]n1)c1ccsc1Cc1ccncc1. The highest BCUT2D eigenvalue weighted by atomic mass is 32.1. The smallest absolute Gasteiger partial charge is 0.215 e. The minimum Gasteiger partial charge on any atom is -0.504 e. The number of nitrogens with zero attached hydrogens (tertiary/aromatic N) is 3. The van der Waals surface area contributed by atoms with E-state index in [0.717, 1.165) is 16.5 Å². The Morgan fingerprint density at radius 3 is 2.86 bits per heavy atom. The van der Waals surface area contributed by atoms with Crippen molar-refractivity contribution < 1.29 is 9.90 Å². The summed E-state index contributed by atoms with van der Waals surface area (Å²) in [5, 5.41) is 17.9. The first-order valence-electron chi connectivity index (χ1n) is 6.50. The monoisotopic (exact) mass is 312 g/mol. The van der Waals surface area contributed by atoms with Crippen molar-refractivity contribution in [3.8, 4) is 0 Å². The molecule has 3 aromatic rings. The first-order valence-corrected chi connectivity index (χ1v) is 7.38. The van der Waals surface area contributed by atoms with Gasteiger partial charge in [0, 0.05) is 35.3 Å². The van der Waals surface area contributed by atoms with E-state index in [1.807, 2.05) is 17.5 Å². The summed E-state index contributed by atoms with van der Waals surface area (Å²) in [7, 11) is 0. The minimum atomic E-state index is -0.271. The number of aliphatic hydroxyl groups is 1. The van der Waals surface area contributed by atoms with Gasteiger partial charge >= 0.3 is 0 Å². The van der Waals surface area contributed by atoms with Crippen molar-refractivity contribution in [2.75, 3.05) is 0 Å². The van der Waals surface area contributed by atoms with Crippen molar-refractivity contribution in [1.82, 2.24) is 20.2 Å². The van der Waals surface area contributed by atoms with Gasteiger partial charge in [-0.3, -0.25) is 14.9 Å². The van der Waals surface area contributed by atoms with E-state index in [-0.39, 0.29) is 17.4 Å². The van der Waals surface area contributed by atoms with Gasteiger partial charge < -0.3 is 5.11 Å². The van der Waals surface area contributed by atoms with E-state index in [9.17, 15) is 9.90 Å². The predicted molar refractivity (Wildman–Crippen MR) is 82.7 cm³/mol. The molecule has 6 nitrogen and oxygen atoms in total. The first-order chi connectivity index (χ1) is 10.7. The summed E-state index contributed by atoms with van der Waals surface area (Å²) >= 11 is 1.51. The van der Waals surface area contributed by atoms with Crippen LogP contribution in [0.15, 0.2) is 48.4 Å². The lowest BCUT2D eigenvalue weighted by molar-refractivity contribution is 0.104. The highest BCUT2D eigenvalue weighted by Gasteiger charge is 2.14. The number of allylic oxidation sites excluding steroid dienone is 1. The zero-order chi connectivity index (χ0) is 15.4. The molecule has 0 aliphatic rings. The number of hydrogen-bond acceptors (Lipinski definition) is 6. The fourth-order valence-electron chi connectivity index (χ4n) is 1.98. The van der Waals surface area contributed by atoms with Crippen LogP contribution in [0.2, 0.25) is 0 Å². The second-order valence-corrected chi connectivity index (χ2v) is 5.51. The molecule has 0 spiro atoms. The standard InChI is InChI=1S/C15H12N4O2S/c20-12(8-13(21)15-17-9-18-19-15)11-3-6-22-14(11)7-10-1-4-16-5-2-10/h1-6,8-9,21H,7H2,(H,17,18,19). The number of nitrogens with one attached hydrogen (secondary N) is 1. The van der Waals surface area contributed by atoms with Gasteiger partial charge in [-0.15, -0.1) is 11.3 Å². The second-order valence-electron chi connectivity index (χ2n) is 4.51. The van der Waals surface area contributed by atoms with E-state index in [1.165, 1.54) is 17.7 Å². The maximum absolute atomic E-state index is 12.3. The summed E-state index contributed by atoms with van der Waals surface area (Å²) in [6.07, 6.45) is 6.57. The van der Waals surface area contributed by atoms with Gasteiger partial charge in [-0.1, -0.05) is 0 Å². The molecule has 0 amide bonds. The normalized spacial score (nSPS) is 11.5. The molecular formula is C15H12N4O2S. The Kier molecular flexibility index (Phi) is 4.06. The third kappa shape index (κ3) is 3.09. The Hall–Kier alpha value is -2.80. The van der Waals surface area contributed by atoms with Crippen LogP contribution in [0.1, 0.15) is 26.6 Å². The number of H-pyrrole nitrogens is 1. The van der Waals surface area contributed by atoms with Crippen LogP contribution in [0.3, 0.4) is 0 Å². The van der Waals surface area contributed by atoms with Crippen LogP contribution in [0.4, 0.5) is 0 Å². The summed E-state index contributed by atoms with van der Waals surface area (Å²) in [5.74, 6) is -0.431. The number of thiophene rings is 1. The Labute approximate surface area is 130 Å². The number of aromatic nitrogens is 4. The summed E-state index contributed by atoms with van der Waals surface area (Å²) in [5.41, 5.74) is 1.65. The second kappa shape index (κ2) is 6.31. The van der Waals surface area contributed by atoms with Gasteiger partial charge in [-0.05, 0) is 29.1 Å². The molecule has 0 bridgehead atoms. The Morgan fingerprint density at radius 1 is 1.32 bits per heavy atom. The maximum atomic E-state index is 12.3. The van der Waals surface area contributed by atoms with Gasteiger partial charge in [-0.2, -0.15) is 5.10 Å². The van der Waals surface area contributed by atoms with Crippen molar-refractivity contribution in [2.45, 2.75) is 6.42 Å². The van der Waals surface area contributed by atoms with Crippen molar-refractivity contribution >= 4 is 22.9 Å². The van der Waals surface area contributed by atoms with Crippen molar-refractivity contribution in [2.24, 2.45) is 0 Å². The Morgan fingerprint density at radius 2 is 2.14 bits per heavy atom. The van der Waals surface area contributed by atoms with E-state index in [0.29, 0.717) is 12.0 Å². The number of rotatable bonds is 5. The molecule has 0 fully saturated rings. The number of pyridine rings is 1. The fraction of sp³-hybridized carbons (Fsp3) is 0.0667. The van der Waals surface area contributed by atoms with E-state index < -0.39 is 0 Å². The highest BCUT2D eigenvalue weighted by Crippen LogP contribution is 2.22. The van der Waals surface area contributed by atoms with E-state index in [1.54, 1.807) is 18.5 Å². The summed E-state index contributed by atoms with van der Waals surface area (Å²) in [6.45, 7) is 0. The Balaban J connectivity index is 1.82. The zero-order valence-corrected chi connectivity index (χ0v) is 12.2. The molecule has 0 saturated carbocycles. The zero-order valence-electron chi connectivity index (χ0n) is 11.4. The van der Waals surface area contributed by atoms with Gasteiger partial charge in [0.1, 0.15) is 6.33 Å². The first kappa shape index (κ1) is 14.2. The third-order valence-electron chi connectivity index (χ3n) is 3.04. The number of carbonyl (C=O) groups is 1. The predicted octanol–water partition coefficient (Wildman–Crippen LogP) is 2.63. The molecule has 0 aliphatic carbocycles. The van der Waals surface area contributed by atoms with Crippen LogP contribution in [-0.2, 0) is 6.42 Å². The van der Waals surface area contributed by atoms with Crippen molar-refractivity contribution in [3.63, 3.8) is 0 Å². The molecule has 0 unspecified atom stereocenters. The molecule has 110 valence electrons. The lowest BCUT2D eigenvalue weighted by Crippen LogP contribution is -2.00. The van der Waals surface area contributed by atoms with Crippen LogP contribution in [-0.4, -0.2) is 31.1 Å². The summed E-state index contributed by atoms with van der Waals surface area (Å²) < 4.78 is 0. The molecule has 0 atom stereocenters. The topological polar surface area (TPSA) is 91.8 Å². The van der Waals surface area contributed by atoms with Gasteiger partial charge in [0.05, 0.1) is 0 Å².